The highest BCUT2D eigenvalue weighted by Gasteiger charge is 2.21. The Kier molecular flexibility index (Phi) is 5.79. The van der Waals surface area contributed by atoms with E-state index >= 15 is 0 Å². The number of aromatic nitrogens is 4. The maximum absolute atomic E-state index is 12.9. The van der Waals surface area contributed by atoms with Crippen LogP contribution in [0.5, 0.6) is 5.75 Å². The minimum atomic E-state index is -2.87. The third-order valence-electron chi connectivity index (χ3n) is 6.49. The number of benzene rings is 2. The van der Waals surface area contributed by atoms with Crippen LogP contribution in [0, 0.1) is 13.8 Å². The molecular weight excluding hydrogens is 422 g/mol. The average Bonchev–Trinajstić information content (AvgIpc) is 3.43. The monoisotopic (exact) mass is 448 g/mol. The molecule has 170 valence electrons. The number of nitrogens with zero attached hydrogens (tertiary/aromatic N) is 4. The molecule has 7 heteroatoms. The van der Waals surface area contributed by atoms with Crippen molar-refractivity contribution in [3.63, 3.8) is 0 Å². The minimum Gasteiger partial charge on any atom is -0.434 e. The maximum Gasteiger partial charge on any atom is 0.387 e. The van der Waals surface area contributed by atoms with Gasteiger partial charge >= 0.3 is 6.61 Å². The third kappa shape index (κ3) is 4.32. The summed E-state index contributed by atoms with van der Waals surface area (Å²) in [5.41, 5.74) is 5.42. The van der Waals surface area contributed by atoms with E-state index in [0.717, 1.165) is 39.5 Å². The lowest BCUT2D eigenvalue weighted by atomic mass is 10.0. The first-order chi connectivity index (χ1) is 16.0. The van der Waals surface area contributed by atoms with Crippen molar-refractivity contribution < 1.29 is 13.5 Å². The number of imidazole rings is 1. The van der Waals surface area contributed by atoms with Crippen LogP contribution in [0.4, 0.5) is 8.78 Å². The van der Waals surface area contributed by atoms with E-state index in [1.54, 1.807) is 18.2 Å². The summed E-state index contributed by atoms with van der Waals surface area (Å²) in [7, 11) is 0. The normalized spacial score (nSPS) is 14.5. The Bertz CT molecular complexity index is 1290. The topological polar surface area (TPSA) is 52.8 Å². The van der Waals surface area contributed by atoms with E-state index in [2.05, 4.69) is 11.1 Å². The molecule has 1 aliphatic rings. The molecule has 0 spiro atoms. The number of fused-ring (bicyclic) bond motifs is 1. The Morgan fingerprint density at radius 2 is 1.85 bits per heavy atom. The molecule has 2 aromatic heterocycles. The number of ether oxygens (including phenoxy) is 1. The smallest absolute Gasteiger partial charge is 0.387 e. The van der Waals surface area contributed by atoms with Crippen molar-refractivity contribution in [2.24, 2.45) is 0 Å². The van der Waals surface area contributed by atoms with Crippen LogP contribution in [0.3, 0.4) is 0 Å². The van der Waals surface area contributed by atoms with Crippen LogP contribution >= 0.6 is 0 Å². The van der Waals surface area contributed by atoms with Gasteiger partial charge in [0.15, 0.2) is 0 Å². The van der Waals surface area contributed by atoms with E-state index in [1.807, 2.05) is 42.8 Å². The Hall–Kier alpha value is -3.35. The maximum atomic E-state index is 12.9. The number of alkyl halides is 2. The molecule has 0 saturated heterocycles. The first-order valence-corrected chi connectivity index (χ1v) is 11.3. The van der Waals surface area contributed by atoms with Crippen LogP contribution < -0.4 is 4.74 Å². The van der Waals surface area contributed by atoms with Crippen molar-refractivity contribution in [2.45, 2.75) is 58.6 Å². The van der Waals surface area contributed by atoms with E-state index in [0.29, 0.717) is 18.0 Å². The van der Waals surface area contributed by atoms with Gasteiger partial charge in [-0.15, -0.1) is 0 Å². The molecule has 0 atom stereocenters. The van der Waals surface area contributed by atoms with Crippen LogP contribution in [-0.4, -0.2) is 26.1 Å². The number of hydrogen-bond donors (Lipinski definition) is 0. The Labute approximate surface area is 191 Å². The molecule has 0 amide bonds. The third-order valence-corrected chi connectivity index (χ3v) is 6.49. The molecular formula is C26H26F2N4O. The molecule has 0 bridgehead atoms. The second-order valence-electron chi connectivity index (χ2n) is 8.64. The van der Waals surface area contributed by atoms with Crippen molar-refractivity contribution in [3.8, 4) is 16.9 Å². The lowest BCUT2D eigenvalue weighted by Crippen LogP contribution is -2.08. The van der Waals surface area contributed by atoms with Crippen LogP contribution in [0.2, 0.25) is 0 Å². The standard InChI is InChI=1S/C26H26F2N4O/c1-16-21(14-29-25(30-16)18-7-3-4-8-18)19-11-12-22-23(13-19)32(17(2)31-22)15-20-9-5-6-10-24(20)33-26(27)28/h5-6,9-14,18,26H,3-4,7-8,15H2,1-2H3. The van der Waals surface area contributed by atoms with Crippen LogP contribution in [0.15, 0.2) is 48.7 Å². The molecule has 0 unspecified atom stereocenters. The van der Waals surface area contributed by atoms with Crippen molar-refractivity contribution in [2.75, 3.05) is 0 Å². The van der Waals surface area contributed by atoms with E-state index in [9.17, 15) is 8.78 Å². The molecule has 4 aromatic rings. The van der Waals surface area contributed by atoms with Gasteiger partial charge < -0.3 is 9.30 Å². The molecule has 0 radical (unpaired) electrons. The summed E-state index contributed by atoms with van der Waals surface area (Å²) < 4.78 is 32.5. The quantitative estimate of drug-likeness (QED) is 0.342. The second kappa shape index (κ2) is 8.89. The Balaban J connectivity index is 1.51. The Morgan fingerprint density at radius 3 is 2.61 bits per heavy atom. The fourth-order valence-electron chi connectivity index (χ4n) is 4.78. The van der Waals surface area contributed by atoms with Gasteiger partial charge in [0.25, 0.3) is 0 Å². The zero-order valence-electron chi connectivity index (χ0n) is 18.8. The van der Waals surface area contributed by atoms with Gasteiger partial charge in [-0.3, -0.25) is 0 Å². The van der Waals surface area contributed by atoms with E-state index < -0.39 is 6.61 Å². The fraction of sp³-hybridized carbons (Fsp3) is 0.346. The van der Waals surface area contributed by atoms with E-state index in [1.165, 1.54) is 25.7 Å². The molecule has 33 heavy (non-hydrogen) atoms. The lowest BCUT2D eigenvalue weighted by molar-refractivity contribution is -0.0504. The number of halogens is 2. The molecule has 5 nitrogen and oxygen atoms in total. The predicted molar refractivity (Wildman–Crippen MR) is 124 cm³/mol. The highest BCUT2D eigenvalue weighted by Crippen LogP contribution is 2.34. The summed E-state index contributed by atoms with van der Waals surface area (Å²) in [6.07, 6.45) is 6.76. The van der Waals surface area contributed by atoms with Gasteiger partial charge in [-0.2, -0.15) is 8.78 Å². The minimum absolute atomic E-state index is 0.177. The van der Waals surface area contributed by atoms with Crippen LogP contribution in [-0.2, 0) is 6.54 Å². The van der Waals surface area contributed by atoms with E-state index in [4.69, 9.17) is 14.7 Å². The van der Waals surface area contributed by atoms with Gasteiger partial charge in [-0.05, 0) is 50.5 Å². The predicted octanol–water partition coefficient (Wildman–Crippen LogP) is 6.42. The zero-order chi connectivity index (χ0) is 22.9. The first-order valence-electron chi connectivity index (χ1n) is 11.3. The second-order valence-corrected chi connectivity index (χ2v) is 8.64. The molecule has 0 aliphatic heterocycles. The van der Waals surface area contributed by atoms with Crippen molar-refractivity contribution >= 4 is 11.0 Å². The molecule has 5 rings (SSSR count). The largest absolute Gasteiger partial charge is 0.434 e. The summed E-state index contributed by atoms with van der Waals surface area (Å²) in [6.45, 7) is 1.46. The number of rotatable bonds is 6. The zero-order valence-corrected chi connectivity index (χ0v) is 18.8. The number of hydrogen-bond acceptors (Lipinski definition) is 4. The van der Waals surface area contributed by atoms with Gasteiger partial charge in [0.1, 0.15) is 17.4 Å². The van der Waals surface area contributed by atoms with Gasteiger partial charge in [0.05, 0.1) is 17.6 Å². The average molecular weight is 449 g/mol. The first kappa shape index (κ1) is 21.5. The summed E-state index contributed by atoms with van der Waals surface area (Å²) in [6, 6.07) is 13.0. The SMILES string of the molecule is Cc1nc(C2CCCC2)ncc1-c1ccc2nc(C)n(Cc3ccccc3OC(F)F)c2c1. The van der Waals surface area contributed by atoms with Crippen molar-refractivity contribution in [1.82, 2.24) is 19.5 Å². The number of aryl methyl sites for hydroxylation is 2. The number of para-hydroxylation sites is 1. The van der Waals surface area contributed by atoms with E-state index in [-0.39, 0.29) is 5.75 Å². The van der Waals surface area contributed by atoms with Gasteiger partial charge in [-0.1, -0.05) is 37.1 Å². The molecule has 2 heterocycles. The fourth-order valence-corrected chi connectivity index (χ4v) is 4.78. The summed E-state index contributed by atoms with van der Waals surface area (Å²) in [5.74, 6) is 2.40. The lowest BCUT2D eigenvalue weighted by Gasteiger charge is -2.14. The van der Waals surface area contributed by atoms with Gasteiger partial charge in [-0.25, -0.2) is 15.0 Å². The van der Waals surface area contributed by atoms with Gasteiger partial charge in [0.2, 0.25) is 0 Å². The summed E-state index contributed by atoms with van der Waals surface area (Å²) >= 11 is 0. The van der Waals surface area contributed by atoms with Crippen molar-refractivity contribution in [3.05, 3.63) is 71.6 Å². The van der Waals surface area contributed by atoms with Crippen LogP contribution in [0.25, 0.3) is 22.2 Å². The van der Waals surface area contributed by atoms with Crippen molar-refractivity contribution in [1.29, 1.82) is 0 Å². The molecule has 1 fully saturated rings. The Morgan fingerprint density at radius 1 is 1.06 bits per heavy atom. The summed E-state index contributed by atoms with van der Waals surface area (Å²) in [5, 5.41) is 0. The van der Waals surface area contributed by atoms with Crippen LogP contribution in [0.1, 0.15) is 54.5 Å². The highest BCUT2D eigenvalue weighted by atomic mass is 19.3. The molecule has 1 aliphatic carbocycles. The molecule has 1 saturated carbocycles. The highest BCUT2D eigenvalue weighted by molar-refractivity contribution is 5.83. The van der Waals surface area contributed by atoms with Gasteiger partial charge in [0, 0.05) is 28.9 Å². The molecule has 2 aromatic carbocycles. The molecule has 0 N–H and O–H groups in total. The summed E-state index contributed by atoms with van der Waals surface area (Å²) in [4.78, 5) is 14.2.